The van der Waals surface area contributed by atoms with Gasteiger partial charge < -0.3 is 20.4 Å². The predicted molar refractivity (Wildman–Crippen MR) is 53.4 cm³/mol. The Bertz CT molecular complexity index is 73.7. The molecule has 0 radical (unpaired) electrons. The molecule has 4 heteroatoms. The van der Waals surface area contributed by atoms with E-state index in [0.717, 1.165) is 0 Å². The number of rotatable bonds is 2. The number of hydrogen-bond acceptors (Lipinski definition) is 4. The second kappa shape index (κ2) is 17.6. The Morgan fingerprint density at radius 2 is 1.15 bits per heavy atom. The minimum atomic E-state index is -0.560. The molecule has 4 N–H and O–H groups in total. The molecule has 0 aliphatic rings. The van der Waals surface area contributed by atoms with Crippen molar-refractivity contribution in [3.05, 3.63) is 12.7 Å². The zero-order valence-corrected chi connectivity index (χ0v) is 8.64. The summed E-state index contributed by atoms with van der Waals surface area (Å²) in [6, 6.07) is 0. The van der Waals surface area contributed by atoms with Crippen molar-refractivity contribution in [1.29, 1.82) is 0 Å². The predicted octanol–water partition coefficient (Wildman–Crippen LogP) is -0.0887. The van der Waals surface area contributed by atoms with E-state index in [0.29, 0.717) is 0 Å². The van der Waals surface area contributed by atoms with Crippen molar-refractivity contribution in [3.63, 3.8) is 0 Å². The summed E-state index contributed by atoms with van der Waals surface area (Å²) in [5, 5.41) is 32.0. The van der Waals surface area contributed by atoms with Crippen molar-refractivity contribution in [2.75, 3.05) is 13.2 Å². The molecule has 0 fully saturated rings. The fraction of sp³-hybridized carbons (Fsp3) is 0.778. The van der Waals surface area contributed by atoms with Crippen LogP contribution in [0.1, 0.15) is 20.8 Å². The topological polar surface area (TPSA) is 80.9 Å². The van der Waals surface area contributed by atoms with Crippen molar-refractivity contribution in [3.8, 4) is 0 Å². The molecule has 2 atom stereocenters. The first-order valence-electron chi connectivity index (χ1n) is 4.11. The average Bonchev–Trinajstić information content (AvgIpc) is 2.07. The highest BCUT2D eigenvalue weighted by atomic mass is 16.3. The summed E-state index contributed by atoms with van der Waals surface area (Å²) in [7, 11) is 0. The normalized spacial score (nSPS) is 12.5. The van der Waals surface area contributed by atoms with E-state index < -0.39 is 12.2 Å². The summed E-state index contributed by atoms with van der Waals surface area (Å²) in [6.07, 6.45) is 0.630. The Morgan fingerprint density at radius 3 is 1.15 bits per heavy atom. The smallest absolute Gasteiger partial charge is 0.0742 e. The maximum Gasteiger partial charge on any atom is 0.0742 e. The summed E-state index contributed by atoms with van der Waals surface area (Å²) in [4.78, 5) is 0. The molecular formula is C9H22O4. The van der Waals surface area contributed by atoms with Crippen molar-refractivity contribution >= 4 is 0 Å². The van der Waals surface area contributed by atoms with Crippen LogP contribution in [0.15, 0.2) is 12.7 Å². The monoisotopic (exact) mass is 194 g/mol. The van der Waals surface area contributed by atoms with Gasteiger partial charge in [-0.1, -0.05) is 6.08 Å². The standard InChI is InChI=1S/2C3H8O2.C3H6/c2*1-3(5)2-4;1-3-2/h2*3-5H,2H2,1H3;3H,1H2,2H3. The van der Waals surface area contributed by atoms with E-state index in [1.54, 1.807) is 6.08 Å². The Morgan fingerprint density at radius 1 is 1.08 bits per heavy atom. The highest BCUT2D eigenvalue weighted by Crippen LogP contribution is 1.69. The van der Waals surface area contributed by atoms with Gasteiger partial charge in [-0.3, -0.25) is 0 Å². The Hall–Kier alpha value is -0.420. The van der Waals surface area contributed by atoms with E-state index in [1.807, 2.05) is 6.92 Å². The molecule has 2 unspecified atom stereocenters. The molecule has 0 saturated heterocycles. The van der Waals surface area contributed by atoms with Crippen LogP contribution >= 0.6 is 0 Å². The first-order valence-corrected chi connectivity index (χ1v) is 4.11. The Labute approximate surface area is 80.2 Å². The molecule has 0 aromatic carbocycles. The number of allylic oxidation sites excluding steroid dienone is 1. The van der Waals surface area contributed by atoms with Crippen LogP contribution in [0.4, 0.5) is 0 Å². The fourth-order valence-electron chi connectivity index (χ4n) is 0. The van der Waals surface area contributed by atoms with Crippen molar-refractivity contribution in [2.24, 2.45) is 0 Å². The number of hydrogen-bond donors (Lipinski definition) is 4. The molecule has 0 saturated carbocycles. The van der Waals surface area contributed by atoms with Gasteiger partial charge in [0.15, 0.2) is 0 Å². The molecule has 0 spiro atoms. The summed E-state index contributed by atoms with van der Waals surface area (Å²) in [6.45, 7) is 8.03. The van der Waals surface area contributed by atoms with E-state index in [1.165, 1.54) is 13.8 Å². The van der Waals surface area contributed by atoms with Gasteiger partial charge in [0.1, 0.15) is 0 Å². The van der Waals surface area contributed by atoms with Gasteiger partial charge in [0.05, 0.1) is 25.4 Å². The van der Waals surface area contributed by atoms with Crippen LogP contribution in [0.3, 0.4) is 0 Å². The van der Waals surface area contributed by atoms with Gasteiger partial charge in [-0.15, -0.1) is 6.58 Å². The van der Waals surface area contributed by atoms with Crippen molar-refractivity contribution in [2.45, 2.75) is 33.0 Å². The van der Waals surface area contributed by atoms with Crippen LogP contribution < -0.4 is 0 Å². The molecule has 0 rings (SSSR count). The SMILES string of the molecule is C=CC.CC(O)CO.CC(O)CO. The Kier molecular flexibility index (Phi) is 24.9. The molecule has 0 bridgehead atoms. The zero-order chi connectivity index (χ0) is 11.3. The second-order valence-corrected chi connectivity index (χ2v) is 2.47. The van der Waals surface area contributed by atoms with E-state index >= 15 is 0 Å². The van der Waals surface area contributed by atoms with E-state index in [-0.39, 0.29) is 13.2 Å². The van der Waals surface area contributed by atoms with E-state index in [2.05, 4.69) is 6.58 Å². The van der Waals surface area contributed by atoms with Gasteiger partial charge in [-0.25, -0.2) is 0 Å². The molecule has 82 valence electrons. The highest BCUT2D eigenvalue weighted by Gasteiger charge is 1.83. The minimum Gasteiger partial charge on any atom is -0.394 e. The molecular weight excluding hydrogens is 172 g/mol. The second-order valence-electron chi connectivity index (χ2n) is 2.47. The van der Waals surface area contributed by atoms with Crippen LogP contribution in [0.5, 0.6) is 0 Å². The number of aliphatic hydroxyl groups excluding tert-OH is 4. The van der Waals surface area contributed by atoms with Gasteiger partial charge in [-0.2, -0.15) is 0 Å². The van der Waals surface area contributed by atoms with Crippen LogP contribution in [0, 0.1) is 0 Å². The van der Waals surface area contributed by atoms with Gasteiger partial charge in [0.25, 0.3) is 0 Å². The van der Waals surface area contributed by atoms with Gasteiger partial charge >= 0.3 is 0 Å². The lowest BCUT2D eigenvalue weighted by atomic mass is 10.5. The molecule has 0 heterocycles. The maximum atomic E-state index is 8.11. The van der Waals surface area contributed by atoms with Gasteiger partial charge in [0, 0.05) is 0 Å². The van der Waals surface area contributed by atoms with Crippen LogP contribution in [-0.2, 0) is 0 Å². The summed E-state index contributed by atoms with van der Waals surface area (Å²) in [5.74, 6) is 0. The minimum absolute atomic E-state index is 0.139. The van der Waals surface area contributed by atoms with Crippen LogP contribution in [-0.4, -0.2) is 45.8 Å². The maximum absolute atomic E-state index is 8.11. The quantitative estimate of drug-likeness (QED) is 0.463. The van der Waals surface area contributed by atoms with Crippen LogP contribution in [0.2, 0.25) is 0 Å². The third-order valence-corrected chi connectivity index (χ3v) is 0.528. The molecule has 0 amide bonds. The lowest BCUT2D eigenvalue weighted by Crippen LogP contribution is -2.03. The number of aliphatic hydroxyl groups is 4. The lowest BCUT2D eigenvalue weighted by molar-refractivity contribution is 0.110. The molecule has 13 heavy (non-hydrogen) atoms. The van der Waals surface area contributed by atoms with Crippen LogP contribution in [0.25, 0.3) is 0 Å². The van der Waals surface area contributed by atoms with Gasteiger partial charge in [-0.05, 0) is 20.8 Å². The molecule has 0 aromatic heterocycles. The Balaban J connectivity index is -0.000000120. The fourth-order valence-corrected chi connectivity index (χ4v) is 0. The van der Waals surface area contributed by atoms with Crippen molar-refractivity contribution < 1.29 is 20.4 Å². The third kappa shape index (κ3) is 82.9. The molecule has 4 nitrogen and oxygen atoms in total. The van der Waals surface area contributed by atoms with E-state index in [9.17, 15) is 0 Å². The van der Waals surface area contributed by atoms with Gasteiger partial charge in [0.2, 0.25) is 0 Å². The van der Waals surface area contributed by atoms with E-state index in [4.69, 9.17) is 20.4 Å². The summed E-state index contributed by atoms with van der Waals surface area (Å²) >= 11 is 0. The first kappa shape index (κ1) is 18.4. The van der Waals surface area contributed by atoms with Crippen molar-refractivity contribution in [1.82, 2.24) is 0 Å². The first-order chi connectivity index (χ1) is 5.95. The molecule has 0 aliphatic carbocycles. The molecule has 0 aliphatic heterocycles. The largest absolute Gasteiger partial charge is 0.394 e. The third-order valence-electron chi connectivity index (χ3n) is 0.528. The zero-order valence-electron chi connectivity index (χ0n) is 8.64. The summed E-state index contributed by atoms with van der Waals surface area (Å²) in [5.41, 5.74) is 0. The summed E-state index contributed by atoms with van der Waals surface area (Å²) < 4.78 is 0. The highest BCUT2D eigenvalue weighted by molar-refractivity contribution is 4.51. The average molecular weight is 194 g/mol. The lowest BCUT2D eigenvalue weighted by Gasteiger charge is -1.90. The molecule has 0 aromatic rings.